The molecule has 0 saturated carbocycles. The van der Waals surface area contributed by atoms with Crippen molar-refractivity contribution in [3.05, 3.63) is 39.8 Å². The first-order valence-electron chi connectivity index (χ1n) is 7.09. The minimum absolute atomic E-state index is 0.147. The van der Waals surface area contributed by atoms with Gasteiger partial charge in [0.1, 0.15) is 6.61 Å². The monoisotopic (exact) mass is 305 g/mol. The SMILES string of the molecule is CCC(=O)NOCc1c(CC)cccc1-n1nnn(C)c1=O. The molecule has 0 spiro atoms. The van der Waals surface area contributed by atoms with Crippen LogP contribution in [0.2, 0.25) is 0 Å². The van der Waals surface area contributed by atoms with Crippen molar-refractivity contribution in [1.82, 2.24) is 25.3 Å². The van der Waals surface area contributed by atoms with Crippen molar-refractivity contribution in [3.8, 4) is 5.69 Å². The Morgan fingerprint density at radius 2 is 2.09 bits per heavy atom. The van der Waals surface area contributed by atoms with Gasteiger partial charge in [-0.2, -0.15) is 9.36 Å². The van der Waals surface area contributed by atoms with Gasteiger partial charge in [-0.05, 0) is 28.5 Å². The molecular formula is C14H19N5O3. The minimum atomic E-state index is -0.341. The first kappa shape index (κ1) is 15.9. The van der Waals surface area contributed by atoms with Gasteiger partial charge in [-0.1, -0.05) is 26.0 Å². The summed E-state index contributed by atoms with van der Waals surface area (Å²) in [6.45, 7) is 3.89. The van der Waals surface area contributed by atoms with E-state index < -0.39 is 0 Å². The van der Waals surface area contributed by atoms with Crippen molar-refractivity contribution in [3.63, 3.8) is 0 Å². The number of amides is 1. The number of carbonyl (C=O) groups excluding carboxylic acids is 1. The van der Waals surface area contributed by atoms with Crippen LogP contribution in [0, 0.1) is 0 Å². The second-order valence-corrected chi connectivity index (χ2v) is 4.73. The number of tetrazole rings is 1. The van der Waals surface area contributed by atoms with Crippen molar-refractivity contribution < 1.29 is 9.63 Å². The Kier molecular flexibility index (Phi) is 5.05. The van der Waals surface area contributed by atoms with Gasteiger partial charge in [-0.3, -0.25) is 9.63 Å². The average molecular weight is 305 g/mol. The Labute approximate surface area is 127 Å². The molecule has 8 heteroatoms. The predicted octanol–water partition coefficient (Wildman–Crippen LogP) is 0.486. The molecule has 0 aliphatic carbocycles. The Morgan fingerprint density at radius 1 is 1.32 bits per heavy atom. The minimum Gasteiger partial charge on any atom is -0.273 e. The van der Waals surface area contributed by atoms with E-state index in [-0.39, 0.29) is 18.2 Å². The summed E-state index contributed by atoms with van der Waals surface area (Å²) in [5.41, 5.74) is 4.43. The highest BCUT2D eigenvalue weighted by molar-refractivity contribution is 5.74. The molecule has 1 heterocycles. The zero-order valence-corrected chi connectivity index (χ0v) is 12.9. The highest BCUT2D eigenvalue weighted by Gasteiger charge is 2.14. The average Bonchev–Trinajstić information content (AvgIpc) is 2.86. The number of hydrogen-bond acceptors (Lipinski definition) is 5. The van der Waals surface area contributed by atoms with Crippen LogP contribution >= 0.6 is 0 Å². The fourth-order valence-electron chi connectivity index (χ4n) is 2.04. The maximum atomic E-state index is 12.0. The molecular weight excluding hydrogens is 286 g/mol. The summed E-state index contributed by atoms with van der Waals surface area (Å²) in [4.78, 5) is 28.5. The maximum absolute atomic E-state index is 12.0. The van der Waals surface area contributed by atoms with Crippen LogP contribution < -0.4 is 11.2 Å². The number of aromatic nitrogens is 4. The molecule has 1 N–H and O–H groups in total. The number of nitrogens with zero attached hydrogens (tertiary/aromatic N) is 4. The molecule has 0 bridgehead atoms. The third-order valence-electron chi connectivity index (χ3n) is 3.30. The summed E-state index contributed by atoms with van der Waals surface area (Å²) in [5.74, 6) is -0.202. The number of rotatable bonds is 6. The van der Waals surface area contributed by atoms with Crippen molar-refractivity contribution in [2.24, 2.45) is 7.05 Å². The zero-order valence-electron chi connectivity index (χ0n) is 12.9. The molecule has 0 aliphatic rings. The molecule has 2 rings (SSSR count). The molecule has 1 aromatic carbocycles. The molecule has 1 aromatic heterocycles. The molecule has 2 aromatic rings. The summed E-state index contributed by atoms with van der Waals surface area (Å²) in [7, 11) is 1.53. The van der Waals surface area contributed by atoms with E-state index in [0.717, 1.165) is 22.2 Å². The maximum Gasteiger partial charge on any atom is 0.368 e. The zero-order chi connectivity index (χ0) is 16.1. The van der Waals surface area contributed by atoms with Crippen LogP contribution in [0.3, 0.4) is 0 Å². The number of benzene rings is 1. The van der Waals surface area contributed by atoms with Gasteiger partial charge in [-0.15, -0.1) is 0 Å². The van der Waals surface area contributed by atoms with E-state index in [2.05, 4.69) is 15.9 Å². The Bertz CT molecular complexity index is 720. The Balaban J connectivity index is 2.36. The number of nitrogens with one attached hydrogen (secondary N) is 1. The van der Waals surface area contributed by atoms with E-state index in [9.17, 15) is 9.59 Å². The van der Waals surface area contributed by atoms with Crippen LogP contribution in [0.15, 0.2) is 23.0 Å². The molecule has 0 aliphatic heterocycles. The van der Waals surface area contributed by atoms with Crippen LogP contribution in [0.1, 0.15) is 31.4 Å². The second kappa shape index (κ2) is 6.99. The lowest BCUT2D eigenvalue weighted by Crippen LogP contribution is -2.25. The predicted molar refractivity (Wildman–Crippen MR) is 79.2 cm³/mol. The van der Waals surface area contributed by atoms with Crippen molar-refractivity contribution >= 4 is 5.91 Å². The van der Waals surface area contributed by atoms with E-state index in [1.165, 1.54) is 11.7 Å². The van der Waals surface area contributed by atoms with Gasteiger partial charge in [-0.25, -0.2) is 10.3 Å². The third-order valence-corrected chi connectivity index (χ3v) is 3.30. The number of hydrogen-bond donors (Lipinski definition) is 1. The first-order chi connectivity index (χ1) is 10.6. The van der Waals surface area contributed by atoms with Crippen molar-refractivity contribution in [2.75, 3.05) is 0 Å². The lowest BCUT2D eigenvalue weighted by atomic mass is 10.0. The van der Waals surface area contributed by atoms with Crippen LogP contribution in [-0.4, -0.2) is 25.7 Å². The largest absolute Gasteiger partial charge is 0.368 e. The van der Waals surface area contributed by atoms with Gasteiger partial charge in [0.25, 0.3) is 0 Å². The summed E-state index contributed by atoms with van der Waals surface area (Å²) < 4.78 is 2.38. The normalized spacial score (nSPS) is 10.7. The second-order valence-electron chi connectivity index (χ2n) is 4.73. The summed E-state index contributed by atoms with van der Waals surface area (Å²) in [6.07, 6.45) is 1.11. The van der Waals surface area contributed by atoms with Gasteiger partial charge < -0.3 is 0 Å². The molecule has 0 fully saturated rings. The van der Waals surface area contributed by atoms with Gasteiger partial charge in [0.2, 0.25) is 5.91 Å². The molecule has 8 nitrogen and oxygen atoms in total. The third kappa shape index (κ3) is 3.22. The van der Waals surface area contributed by atoms with E-state index >= 15 is 0 Å². The van der Waals surface area contributed by atoms with E-state index in [1.54, 1.807) is 13.0 Å². The van der Waals surface area contributed by atoms with Crippen molar-refractivity contribution in [2.45, 2.75) is 33.3 Å². The standard InChI is InChI=1S/C14H19N5O3/c1-4-10-7-6-8-12(19-14(21)18(3)16-17-19)11(10)9-22-15-13(20)5-2/h6-8H,4-5,9H2,1-3H3,(H,15,20). The van der Waals surface area contributed by atoms with Gasteiger partial charge >= 0.3 is 5.69 Å². The summed E-state index contributed by atoms with van der Waals surface area (Å²) in [5, 5.41) is 7.57. The van der Waals surface area contributed by atoms with Crippen LogP contribution in [0.5, 0.6) is 0 Å². The number of carbonyl (C=O) groups is 1. The van der Waals surface area contributed by atoms with Gasteiger partial charge in [0.05, 0.1) is 5.69 Å². The summed E-state index contributed by atoms with van der Waals surface area (Å²) >= 11 is 0. The van der Waals surface area contributed by atoms with E-state index in [1.807, 2.05) is 19.1 Å². The molecule has 1 amide bonds. The molecule has 118 valence electrons. The van der Waals surface area contributed by atoms with Crippen LogP contribution in [0.4, 0.5) is 0 Å². The number of aryl methyl sites for hydroxylation is 2. The number of hydroxylamine groups is 1. The van der Waals surface area contributed by atoms with Gasteiger partial charge in [0.15, 0.2) is 0 Å². The summed E-state index contributed by atoms with van der Waals surface area (Å²) in [6, 6.07) is 5.57. The van der Waals surface area contributed by atoms with Crippen LogP contribution in [-0.2, 0) is 29.7 Å². The molecule has 22 heavy (non-hydrogen) atoms. The fraction of sp³-hybridized carbons (Fsp3) is 0.429. The van der Waals surface area contributed by atoms with E-state index in [0.29, 0.717) is 12.1 Å². The first-order valence-corrected chi connectivity index (χ1v) is 7.09. The van der Waals surface area contributed by atoms with E-state index in [4.69, 9.17) is 4.84 Å². The quantitative estimate of drug-likeness (QED) is 0.784. The molecule has 0 radical (unpaired) electrons. The topological polar surface area (TPSA) is 91.0 Å². The highest BCUT2D eigenvalue weighted by Crippen LogP contribution is 2.18. The van der Waals surface area contributed by atoms with Crippen LogP contribution in [0.25, 0.3) is 5.69 Å². The van der Waals surface area contributed by atoms with Crippen molar-refractivity contribution in [1.29, 1.82) is 0 Å². The Hall–Kier alpha value is -2.48. The smallest absolute Gasteiger partial charge is 0.273 e. The fourth-order valence-corrected chi connectivity index (χ4v) is 2.04. The Morgan fingerprint density at radius 3 is 2.68 bits per heavy atom. The molecule has 0 saturated heterocycles. The lowest BCUT2D eigenvalue weighted by molar-refractivity contribution is -0.134. The highest BCUT2D eigenvalue weighted by atomic mass is 16.6. The molecule has 0 unspecified atom stereocenters. The van der Waals surface area contributed by atoms with Gasteiger partial charge in [0, 0.05) is 19.0 Å². The lowest BCUT2D eigenvalue weighted by Gasteiger charge is -2.13. The molecule has 0 atom stereocenters.